The van der Waals surface area contributed by atoms with Crippen molar-refractivity contribution in [3.05, 3.63) is 69.5 Å². The Labute approximate surface area is 109 Å². The number of hydrogen-bond acceptors (Lipinski definition) is 2. The first-order valence-electron chi connectivity index (χ1n) is 5.94. The summed E-state index contributed by atoms with van der Waals surface area (Å²) >= 11 is 0. The minimum atomic E-state index is -0.491. The van der Waals surface area contributed by atoms with Crippen LogP contribution in [-0.2, 0) is 0 Å². The molecule has 0 N–H and O–H groups in total. The minimum Gasteiger partial charge on any atom is -0.258 e. The second-order valence-electron chi connectivity index (χ2n) is 4.12. The Morgan fingerprint density at radius 1 is 1.28 bits per heavy atom. The van der Waals surface area contributed by atoms with Gasteiger partial charge in [-0.05, 0) is 51.0 Å². The van der Waals surface area contributed by atoms with Gasteiger partial charge in [0, 0.05) is 6.08 Å². The molecule has 0 rings (SSSR count). The van der Waals surface area contributed by atoms with E-state index < -0.39 is 4.92 Å². The fourth-order valence-electron chi connectivity index (χ4n) is 1.32. The fourth-order valence-corrected chi connectivity index (χ4v) is 1.32. The Morgan fingerprint density at radius 2 is 1.89 bits per heavy atom. The van der Waals surface area contributed by atoms with Gasteiger partial charge in [0.1, 0.15) is 0 Å². The molecule has 0 saturated heterocycles. The average Bonchev–Trinajstić information content (AvgIpc) is 2.32. The van der Waals surface area contributed by atoms with Crippen LogP contribution in [0, 0.1) is 10.1 Å². The van der Waals surface area contributed by atoms with Gasteiger partial charge in [0.15, 0.2) is 0 Å². The van der Waals surface area contributed by atoms with Crippen molar-refractivity contribution in [3.8, 4) is 0 Å². The van der Waals surface area contributed by atoms with Crippen LogP contribution in [0.25, 0.3) is 0 Å². The molecule has 0 heterocycles. The van der Waals surface area contributed by atoms with Crippen LogP contribution in [0.15, 0.2) is 59.4 Å². The zero-order valence-corrected chi connectivity index (χ0v) is 11.6. The molecule has 0 atom stereocenters. The lowest BCUT2D eigenvalue weighted by molar-refractivity contribution is -0.418. The maximum atomic E-state index is 10.5. The van der Waals surface area contributed by atoms with Crippen molar-refractivity contribution in [3.63, 3.8) is 0 Å². The van der Waals surface area contributed by atoms with Gasteiger partial charge >= 0.3 is 0 Å². The number of allylic oxidation sites excluding steroid dienone is 8. The van der Waals surface area contributed by atoms with Crippen molar-refractivity contribution >= 4 is 0 Å². The first kappa shape index (κ1) is 16.1. The first-order valence-corrected chi connectivity index (χ1v) is 5.94. The van der Waals surface area contributed by atoms with Gasteiger partial charge in [-0.15, -0.1) is 0 Å². The van der Waals surface area contributed by atoms with Crippen LogP contribution < -0.4 is 0 Å². The Balaban J connectivity index is 5.09. The SMILES string of the molecule is C=C(\C=C/C(=C\C)C(=C/C=C(C)C)/CC)[N+](=O)[O-]. The summed E-state index contributed by atoms with van der Waals surface area (Å²) in [6.45, 7) is 11.4. The van der Waals surface area contributed by atoms with Gasteiger partial charge in [-0.2, -0.15) is 0 Å². The second kappa shape index (κ2) is 8.23. The highest BCUT2D eigenvalue weighted by atomic mass is 16.6. The van der Waals surface area contributed by atoms with Gasteiger partial charge in [0.25, 0.3) is 5.70 Å². The van der Waals surface area contributed by atoms with Crippen LogP contribution in [0.5, 0.6) is 0 Å². The van der Waals surface area contributed by atoms with Gasteiger partial charge in [0.2, 0.25) is 0 Å². The summed E-state index contributed by atoms with van der Waals surface area (Å²) in [5.74, 6) is 0. The van der Waals surface area contributed by atoms with Crippen molar-refractivity contribution in [2.24, 2.45) is 0 Å². The Morgan fingerprint density at radius 3 is 2.28 bits per heavy atom. The highest BCUT2D eigenvalue weighted by molar-refractivity contribution is 5.42. The summed E-state index contributed by atoms with van der Waals surface area (Å²) in [4.78, 5) is 9.97. The van der Waals surface area contributed by atoms with Crippen LogP contribution >= 0.6 is 0 Å². The molecule has 0 amide bonds. The maximum Gasteiger partial charge on any atom is 0.262 e. The monoisotopic (exact) mass is 247 g/mol. The van der Waals surface area contributed by atoms with E-state index in [0.29, 0.717) is 0 Å². The summed E-state index contributed by atoms with van der Waals surface area (Å²) < 4.78 is 0. The molecule has 0 aromatic rings. The van der Waals surface area contributed by atoms with E-state index >= 15 is 0 Å². The topological polar surface area (TPSA) is 43.1 Å². The smallest absolute Gasteiger partial charge is 0.258 e. The quantitative estimate of drug-likeness (QED) is 0.391. The summed E-state index contributed by atoms with van der Waals surface area (Å²) in [6.07, 6.45) is 10.1. The molecular formula is C15H21NO2. The standard InChI is InChI=1S/C15H21NO2/c1-6-14(10-8-12(3)4)15(7-2)11-9-13(5)16(17)18/h7-11H,5-6H2,1-4H3/b11-9-,14-10+,15-7+. The van der Waals surface area contributed by atoms with Gasteiger partial charge in [-0.25, -0.2) is 0 Å². The number of rotatable bonds is 6. The highest BCUT2D eigenvalue weighted by Gasteiger charge is 2.02. The summed E-state index contributed by atoms with van der Waals surface area (Å²) in [7, 11) is 0. The van der Waals surface area contributed by atoms with Crippen LogP contribution in [0.4, 0.5) is 0 Å². The third kappa shape index (κ3) is 5.99. The molecule has 3 nitrogen and oxygen atoms in total. The molecular weight excluding hydrogens is 226 g/mol. The number of nitrogens with zero attached hydrogens (tertiary/aromatic N) is 1. The molecule has 18 heavy (non-hydrogen) atoms. The summed E-state index contributed by atoms with van der Waals surface area (Å²) in [5.41, 5.74) is 3.24. The molecule has 98 valence electrons. The maximum absolute atomic E-state index is 10.5. The van der Waals surface area contributed by atoms with E-state index in [2.05, 4.69) is 13.5 Å². The summed E-state index contributed by atoms with van der Waals surface area (Å²) in [6, 6.07) is 0. The first-order chi connectivity index (χ1) is 8.42. The van der Waals surface area contributed by atoms with Crippen LogP contribution in [0.3, 0.4) is 0 Å². The molecule has 0 aliphatic heterocycles. The molecule has 0 aliphatic carbocycles. The second-order valence-corrected chi connectivity index (χ2v) is 4.12. The van der Waals surface area contributed by atoms with Gasteiger partial charge in [-0.3, -0.25) is 10.1 Å². The van der Waals surface area contributed by atoms with Crippen molar-refractivity contribution in [2.45, 2.75) is 34.1 Å². The van der Waals surface area contributed by atoms with E-state index in [1.807, 2.05) is 39.0 Å². The molecule has 0 fully saturated rings. The minimum absolute atomic E-state index is 0.105. The van der Waals surface area contributed by atoms with Crippen molar-refractivity contribution in [1.82, 2.24) is 0 Å². The number of nitro groups is 1. The van der Waals surface area contributed by atoms with Crippen molar-refractivity contribution in [2.75, 3.05) is 0 Å². The van der Waals surface area contributed by atoms with Gasteiger partial charge in [0.05, 0.1) is 4.92 Å². The summed E-state index contributed by atoms with van der Waals surface area (Å²) in [5, 5.41) is 10.5. The molecule has 0 aromatic heterocycles. The van der Waals surface area contributed by atoms with Gasteiger partial charge < -0.3 is 0 Å². The lowest BCUT2D eigenvalue weighted by Crippen LogP contribution is -1.93. The zero-order chi connectivity index (χ0) is 14.1. The Kier molecular flexibility index (Phi) is 7.36. The molecule has 0 saturated carbocycles. The number of hydrogen-bond donors (Lipinski definition) is 0. The third-order valence-corrected chi connectivity index (χ3v) is 2.37. The van der Waals surface area contributed by atoms with Crippen LogP contribution in [-0.4, -0.2) is 4.92 Å². The largest absolute Gasteiger partial charge is 0.262 e. The zero-order valence-electron chi connectivity index (χ0n) is 11.6. The predicted octanol–water partition coefficient (Wildman–Crippen LogP) is 4.58. The van der Waals surface area contributed by atoms with Crippen LogP contribution in [0.1, 0.15) is 34.1 Å². The van der Waals surface area contributed by atoms with E-state index in [0.717, 1.165) is 17.6 Å². The van der Waals surface area contributed by atoms with E-state index in [1.165, 1.54) is 11.6 Å². The third-order valence-electron chi connectivity index (χ3n) is 2.37. The molecule has 0 spiro atoms. The molecule has 3 heteroatoms. The molecule has 0 radical (unpaired) electrons. The molecule has 0 aliphatic rings. The average molecular weight is 247 g/mol. The van der Waals surface area contributed by atoms with Gasteiger partial charge in [-0.1, -0.05) is 30.7 Å². The van der Waals surface area contributed by atoms with E-state index in [1.54, 1.807) is 6.08 Å². The van der Waals surface area contributed by atoms with Crippen molar-refractivity contribution in [1.29, 1.82) is 0 Å². The molecule has 0 bridgehead atoms. The Bertz CT molecular complexity index is 433. The predicted molar refractivity (Wildman–Crippen MR) is 76.8 cm³/mol. The van der Waals surface area contributed by atoms with E-state index in [-0.39, 0.29) is 5.70 Å². The lowest BCUT2D eigenvalue weighted by atomic mass is 10.0. The normalized spacial score (nSPS) is 12.7. The Hall–Kier alpha value is -1.90. The molecule has 0 unspecified atom stereocenters. The lowest BCUT2D eigenvalue weighted by Gasteiger charge is -2.04. The fraction of sp³-hybridized carbons (Fsp3) is 0.333. The van der Waals surface area contributed by atoms with Crippen LogP contribution in [0.2, 0.25) is 0 Å². The van der Waals surface area contributed by atoms with E-state index in [4.69, 9.17) is 0 Å². The van der Waals surface area contributed by atoms with Crippen molar-refractivity contribution < 1.29 is 4.92 Å². The van der Waals surface area contributed by atoms with E-state index in [9.17, 15) is 10.1 Å². The highest BCUT2D eigenvalue weighted by Crippen LogP contribution is 2.17. The molecule has 0 aromatic carbocycles.